The lowest BCUT2D eigenvalue weighted by molar-refractivity contribution is -0.213. The Morgan fingerprint density at radius 3 is 3.17 bits per heavy atom. The van der Waals surface area contributed by atoms with Crippen molar-refractivity contribution in [1.29, 1.82) is 5.26 Å². The predicted molar refractivity (Wildman–Crippen MR) is 61.3 cm³/mol. The number of methoxy groups -OCH3 is 1. The molecule has 2 rings (SSSR count). The van der Waals surface area contributed by atoms with Gasteiger partial charge in [-0.15, -0.1) is 0 Å². The van der Waals surface area contributed by atoms with Crippen molar-refractivity contribution < 1.29 is 19.0 Å². The Balaban J connectivity index is 2.21. The number of likely N-dealkylation sites (tertiary alicyclic amines) is 1. The first kappa shape index (κ1) is 12.7. The van der Waals surface area contributed by atoms with E-state index in [1.807, 2.05) is 6.07 Å². The minimum Gasteiger partial charge on any atom is -0.450 e. The Morgan fingerprint density at radius 1 is 1.78 bits per heavy atom. The second-order valence-electron chi connectivity index (χ2n) is 4.19. The van der Waals surface area contributed by atoms with Gasteiger partial charge in [-0.05, 0) is 19.4 Å². The first-order valence-corrected chi connectivity index (χ1v) is 5.94. The van der Waals surface area contributed by atoms with Crippen LogP contribution in [0, 0.1) is 11.3 Å². The molecule has 2 atom stereocenters. The highest BCUT2D eigenvalue weighted by Crippen LogP contribution is 2.40. The third kappa shape index (κ3) is 1.91. The first-order valence-electron chi connectivity index (χ1n) is 5.94. The van der Waals surface area contributed by atoms with E-state index in [1.54, 1.807) is 17.9 Å². The molecule has 0 aromatic heterocycles. The van der Waals surface area contributed by atoms with Crippen LogP contribution >= 0.6 is 0 Å². The summed E-state index contributed by atoms with van der Waals surface area (Å²) in [5.41, 5.74) is 0. The predicted octanol–water partition coefficient (Wildman–Crippen LogP) is 1.39. The lowest BCUT2D eigenvalue weighted by atomic mass is 10.0. The van der Waals surface area contributed by atoms with Crippen LogP contribution in [-0.2, 0) is 14.2 Å². The molecular formula is C12H16N2O4. The maximum absolute atomic E-state index is 11.8. The van der Waals surface area contributed by atoms with Crippen molar-refractivity contribution in [2.45, 2.75) is 31.6 Å². The average Bonchev–Trinajstić information content (AvgIpc) is 2.78. The van der Waals surface area contributed by atoms with Crippen molar-refractivity contribution in [3.05, 3.63) is 11.8 Å². The maximum Gasteiger partial charge on any atom is 0.410 e. The Labute approximate surface area is 106 Å². The number of hydrogen-bond donors (Lipinski definition) is 0. The zero-order valence-electron chi connectivity index (χ0n) is 10.5. The topological polar surface area (TPSA) is 71.8 Å². The lowest BCUT2D eigenvalue weighted by Gasteiger charge is -2.38. The molecule has 0 N–H and O–H groups in total. The third-order valence-electron chi connectivity index (χ3n) is 3.35. The van der Waals surface area contributed by atoms with Crippen LogP contribution in [0.5, 0.6) is 0 Å². The van der Waals surface area contributed by atoms with Gasteiger partial charge in [-0.2, -0.15) is 5.26 Å². The van der Waals surface area contributed by atoms with Crippen LogP contribution in [0.4, 0.5) is 4.79 Å². The fraction of sp³-hybridized carbons (Fsp3) is 0.667. The Morgan fingerprint density at radius 2 is 2.56 bits per heavy atom. The van der Waals surface area contributed by atoms with Crippen molar-refractivity contribution in [3.8, 4) is 6.07 Å². The van der Waals surface area contributed by atoms with E-state index < -0.39 is 5.79 Å². The van der Waals surface area contributed by atoms with Gasteiger partial charge in [0.15, 0.2) is 5.76 Å². The normalized spacial score (nSPS) is 29.9. The van der Waals surface area contributed by atoms with Crippen LogP contribution in [0.25, 0.3) is 0 Å². The van der Waals surface area contributed by atoms with E-state index >= 15 is 0 Å². The second kappa shape index (κ2) is 4.86. The van der Waals surface area contributed by atoms with Gasteiger partial charge in [-0.3, -0.25) is 4.90 Å². The highest BCUT2D eigenvalue weighted by Gasteiger charge is 2.54. The molecule has 0 aliphatic carbocycles. The summed E-state index contributed by atoms with van der Waals surface area (Å²) in [4.78, 5) is 13.4. The Hall–Kier alpha value is -1.74. The molecule has 0 bridgehead atoms. The Bertz CT molecular complexity index is 415. The van der Waals surface area contributed by atoms with Crippen molar-refractivity contribution in [2.75, 3.05) is 20.3 Å². The van der Waals surface area contributed by atoms with Crippen LogP contribution in [0.1, 0.15) is 19.8 Å². The zero-order chi connectivity index (χ0) is 13.2. The molecule has 98 valence electrons. The van der Waals surface area contributed by atoms with Crippen LogP contribution in [-0.4, -0.2) is 43.1 Å². The summed E-state index contributed by atoms with van der Waals surface area (Å²) in [6.45, 7) is 2.61. The van der Waals surface area contributed by atoms with E-state index in [1.165, 1.54) is 7.11 Å². The molecule has 0 aromatic rings. The largest absolute Gasteiger partial charge is 0.450 e. The van der Waals surface area contributed by atoms with Gasteiger partial charge in [0.25, 0.3) is 0 Å². The molecule has 0 spiro atoms. The highest BCUT2D eigenvalue weighted by molar-refractivity contribution is 5.68. The number of nitriles is 1. The highest BCUT2D eigenvalue weighted by atomic mass is 16.7. The van der Waals surface area contributed by atoms with Gasteiger partial charge in [0.1, 0.15) is 12.1 Å². The number of rotatable bonds is 2. The second-order valence-corrected chi connectivity index (χ2v) is 4.19. The van der Waals surface area contributed by atoms with Gasteiger partial charge in [-0.1, -0.05) is 0 Å². The van der Waals surface area contributed by atoms with E-state index in [0.717, 1.165) is 0 Å². The molecular weight excluding hydrogens is 236 g/mol. The lowest BCUT2D eigenvalue weighted by Crippen LogP contribution is -2.51. The molecule has 2 heterocycles. The molecule has 6 nitrogen and oxygen atoms in total. The molecule has 0 saturated carbocycles. The molecule has 1 saturated heterocycles. The third-order valence-corrected chi connectivity index (χ3v) is 3.35. The molecule has 18 heavy (non-hydrogen) atoms. The number of carbonyl (C=O) groups excluding carboxylic acids is 1. The van der Waals surface area contributed by atoms with Crippen LogP contribution in [0.15, 0.2) is 11.8 Å². The molecule has 2 aliphatic rings. The van der Waals surface area contributed by atoms with Crippen LogP contribution in [0.2, 0.25) is 0 Å². The molecule has 0 aromatic carbocycles. The monoisotopic (exact) mass is 252 g/mol. The summed E-state index contributed by atoms with van der Waals surface area (Å²) in [6.07, 6.45) is 2.39. The van der Waals surface area contributed by atoms with Gasteiger partial charge in [0, 0.05) is 20.1 Å². The number of allylic oxidation sites excluding steroid dienone is 1. The maximum atomic E-state index is 11.8. The molecule has 6 heteroatoms. The summed E-state index contributed by atoms with van der Waals surface area (Å²) in [6, 6.07) is 1.73. The van der Waals surface area contributed by atoms with E-state index in [9.17, 15) is 4.79 Å². The standard InChI is InChI=1S/C12H16N2O4/c1-3-17-11(15)14-7-6-12(16-2)10(14)5-4-9(8-13)18-12/h4,10H,3,5-7H2,1-2H3/t10-,12-/m0/s1. The molecule has 1 amide bonds. The number of hydrogen-bond acceptors (Lipinski definition) is 5. The number of carbonyl (C=O) groups is 1. The van der Waals surface area contributed by atoms with Crippen molar-refractivity contribution >= 4 is 6.09 Å². The summed E-state index contributed by atoms with van der Waals surface area (Å²) >= 11 is 0. The van der Waals surface area contributed by atoms with Gasteiger partial charge in [0.05, 0.1) is 6.61 Å². The fourth-order valence-corrected chi connectivity index (χ4v) is 2.48. The zero-order valence-corrected chi connectivity index (χ0v) is 10.5. The Kier molecular flexibility index (Phi) is 3.43. The number of fused-ring (bicyclic) bond motifs is 1. The summed E-state index contributed by atoms with van der Waals surface area (Å²) in [5.74, 6) is -0.661. The minimum absolute atomic E-state index is 0.237. The van der Waals surface area contributed by atoms with E-state index in [4.69, 9.17) is 19.5 Å². The molecule has 2 aliphatic heterocycles. The quantitative estimate of drug-likeness (QED) is 0.742. The average molecular weight is 252 g/mol. The number of ether oxygens (including phenoxy) is 3. The van der Waals surface area contributed by atoms with Gasteiger partial charge in [-0.25, -0.2) is 4.79 Å². The number of amides is 1. The van der Waals surface area contributed by atoms with Crippen molar-refractivity contribution in [3.63, 3.8) is 0 Å². The van der Waals surface area contributed by atoms with Crippen LogP contribution < -0.4 is 0 Å². The van der Waals surface area contributed by atoms with E-state index in [-0.39, 0.29) is 17.9 Å². The van der Waals surface area contributed by atoms with Gasteiger partial charge < -0.3 is 14.2 Å². The smallest absolute Gasteiger partial charge is 0.410 e. The molecule has 0 unspecified atom stereocenters. The van der Waals surface area contributed by atoms with E-state index in [2.05, 4.69) is 0 Å². The fourth-order valence-electron chi connectivity index (χ4n) is 2.48. The number of nitrogens with zero attached hydrogens (tertiary/aromatic N) is 2. The van der Waals surface area contributed by atoms with Gasteiger partial charge >= 0.3 is 6.09 Å². The first-order chi connectivity index (χ1) is 8.66. The SMILES string of the molecule is CCOC(=O)N1CC[C@]2(OC)OC(C#N)=CC[C@H]12. The molecule has 1 fully saturated rings. The summed E-state index contributed by atoms with van der Waals surface area (Å²) < 4.78 is 16.0. The van der Waals surface area contributed by atoms with Crippen LogP contribution in [0.3, 0.4) is 0 Å². The van der Waals surface area contributed by atoms with Crippen molar-refractivity contribution in [2.24, 2.45) is 0 Å². The summed E-state index contributed by atoms with van der Waals surface area (Å²) in [5, 5.41) is 8.88. The summed E-state index contributed by atoms with van der Waals surface area (Å²) in [7, 11) is 1.53. The van der Waals surface area contributed by atoms with E-state index in [0.29, 0.717) is 26.0 Å². The molecule has 0 radical (unpaired) electrons. The van der Waals surface area contributed by atoms with Gasteiger partial charge in [0.2, 0.25) is 5.79 Å². The minimum atomic E-state index is -0.910. The van der Waals surface area contributed by atoms with Crippen molar-refractivity contribution in [1.82, 2.24) is 4.90 Å².